The number of hydrogen-bond acceptors (Lipinski definition) is 3. The molecule has 2 rings (SSSR count). The normalized spacial score (nSPS) is 26.8. The van der Waals surface area contributed by atoms with Gasteiger partial charge in [0, 0.05) is 22.8 Å². The van der Waals surface area contributed by atoms with Gasteiger partial charge in [-0.1, -0.05) is 19.8 Å². The zero-order valence-corrected chi connectivity index (χ0v) is 14.6. The van der Waals surface area contributed by atoms with Crippen LogP contribution in [0.2, 0.25) is 0 Å². The molecule has 1 N–H and O–H groups in total. The summed E-state index contributed by atoms with van der Waals surface area (Å²) in [7, 11) is 4.42. The fourth-order valence-electron chi connectivity index (χ4n) is 3.33. The average molecular weight is 340 g/mol. The molecule has 0 saturated heterocycles. The zero-order valence-electron chi connectivity index (χ0n) is 13.0. The van der Waals surface area contributed by atoms with Crippen molar-refractivity contribution in [1.29, 1.82) is 0 Å². The molecule has 1 saturated carbocycles. The topological polar surface area (TPSA) is 28.2 Å². The first kappa shape index (κ1) is 15.8. The van der Waals surface area contributed by atoms with E-state index in [-0.39, 0.29) is 5.54 Å². The lowest BCUT2D eigenvalue weighted by molar-refractivity contribution is 0.0881. The Morgan fingerprint density at radius 2 is 2.25 bits per heavy atom. The van der Waals surface area contributed by atoms with E-state index in [1.165, 1.54) is 31.2 Å². The Morgan fingerprint density at radius 1 is 1.50 bits per heavy atom. The van der Waals surface area contributed by atoms with Gasteiger partial charge in [0.05, 0.1) is 0 Å². The molecule has 1 aliphatic rings. The predicted molar refractivity (Wildman–Crippen MR) is 89.2 cm³/mol. The fraction of sp³-hybridized carbons (Fsp3) is 0.688. The number of aromatic nitrogens is 1. The van der Waals surface area contributed by atoms with Gasteiger partial charge in [-0.25, -0.2) is 4.98 Å². The van der Waals surface area contributed by atoms with Crippen LogP contribution in [0, 0.1) is 12.8 Å². The molecule has 2 unspecified atom stereocenters. The van der Waals surface area contributed by atoms with E-state index >= 15 is 0 Å². The summed E-state index contributed by atoms with van der Waals surface area (Å²) in [6.07, 6.45) is 7.09. The number of nitrogens with zero attached hydrogens (tertiary/aromatic N) is 2. The average Bonchev–Trinajstić information content (AvgIpc) is 2.37. The van der Waals surface area contributed by atoms with Crippen molar-refractivity contribution in [1.82, 2.24) is 9.88 Å². The molecule has 0 bridgehead atoms. The number of aryl methyl sites for hydroxylation is 1. The predicted octanol–water partition coefficient (Wildman–Crippen LogP) is 4.07. The van der Waals surface area contributed by atoms with Crippen LogP contribution in [-0.2, 0) is 0 Å². The van der Waals surface area contributed by atoms with Crippen molar-refractivity contribution in [3.8, 4) is 0 Å². The lowest BCUT2D eigenvalue weighted by Gasteiger charge is -2.45. The molecule has 2 atom stereocenters. The van der Waals surface area contributed by atoms with E-state index in [9.17, 15) is 0 Å². The van der Waals surface area contributed by atoms with E-state index < -0.39 is 0 Å². The Labute approximate surface area is 131 Å². The molecule has 1 aromatic heterocycles. The first-order valence-corrected chi connectivity index (χ1v) is 8.26. The van der Waals surface area contributed by atoms with Gasteiger partial charge in [0.25, 0.3) is 0 Å². The minimum atomic E-state index is 0.263. The lowest BCUT2D eigenvalue weighted by Crippen LogP contribution is -2.52. The highest BCUT2D eigenvalue weighted by atomic mass is 79.9. The first-order valence-electron chi connectivity index (χ1n) is 7.46. The highest BCUT2D eigenvalue weighted by Crippen LogP contribution is 2.36. The third-order valence-corrected chi connectivity index (χ3v) is 5.08. The second kappa shape index (κ2) is 6.44. The van der Waals surface area contributed by atoms with E-state index in [0.29, 0.717) is 0 Å². The molecule has 1 heterocycles. The van der Waals surface area contributed by atoms with Gasteiger partial charge in [-0.05, 0) is 67.3 Å². The summed E-state index contributed by atoms with van der Waals surface area (Å²) >= 11 is 3.47. The van der Waals surface area contributed by atoms with Gasteiger partial charge in [-0.2, -0.15) is 0 Å². The second-order valence-corrected chi connectivity index (χ2v) is 7.41. The largest absolute Gasteiger partial charge is 0.368 e. The number of likely N-dealkylation sites (N-methyl/N-ethyl adjacent to an activating group) is 1. The lowest BCUT2D eigenvalue weighted by atomic mass is 9.75. The van der Waals surface area contributed by atoms with E-state index in [1.54, 1.807) is 0 Å². The molecule has 112 valence electrons. The number of hydrogen-bond donors (Lipinski definition) is 1. The van der Waals surface area contributed by atoms with Gasteiger partial charge in [0.1, 0.15) is 5.82 Å². The summed E-state index contributed by atoms with van der Waals surface area (Å²) in [5.74, 6) is 1.82. The van der Waals surface area contributed by atoms with Crippen molar-refractivity contribution in [3.63, 3.8) is 0 Å². The molecule has 1 aliphatic carbocycles. The van der Waals surface area contributed by atoms with E-state index in [2.05, 4.69) is 65.1 Å². The molecule has 20 heavy (non-hydrogen) atoms. The van der Waals surface area contributed by atoms with Crippen molar-refractivity contribution in [2.24, 2.45) is 5.92 Å². The summed E-state index contributed by atoms with van der Waals surface area (Å²) in [5.41, 5.74) is 1.45. The van der Waals surface area contributed by atoms with Crippen LogP contribution in [-0.4, -0.2) is 36.1 Å². The van der Waals surface area contributed by atoms with Gasteiger partial charge in [-0.3, -0.25) is 0 Å². The molecule has 0 spiro atoms. The number of rotatable bonds is 4. The highest BCUT2D eigenvalue weighted by Gasteiger charge is 2.36. The van der Waals surface area contributed by atoms with Crippen LogP contribution in [0.25, 0.3) is 0 Å². The van der Waals surface area contributed by atoms with Crippen LogP contribution in [0.5, 0.6) is 0 Å². The van der Waals surface area contributed by atoms with Crippen molar-refractivity contribution in [3.05, 3.63) is 22.3 Å². The van der Waals surface area contributed by atoms with Crippen LogP contribution >= 0.6 is 15.9 Å². The van der Waals surface area contributed by atoms with Gasteiger partial charge in [0.15, 0.2) is 0 Å². The van der Waals surface area contributed by atoms with Crippen molar-refractivity contribution in [2.45, 2.75) is 45.1 Å². The molecular weight excluding hydrogens is 314 g/mol. The molecular formula is C16H26BrN3. The van der Waals surface area contributed by atoms with Gasteiger partial charge in [0.2, 0.25) is 0 Å². The summed E-state index contributed by atoms with van der Waals surface area (Å²) in [6, 6.07) is 2.11. The molecule has 3 nitrogen and oxygen atoms in total. The summed E-state index contributed by atoms with van der Waals surface area (Å²) in [6.45, 7) is 5.45. The fourth-order valence-corrected chi connectivity index (χ4v) is 3.78. The monoisotopic (exact) mass is 339 g/mol. The quantitative estimate of drug-likeness (QED) is 0.895. The molecule has 1 aromatic rings. The smallest absolute Gasteiger partial charge is 0.128 e. The van der Waals surface area contributed by atoms with Crippen molar-refractivity contribution in [2.75, 3.05) is 26.0 Å². The maximum Gasteiger partial charge on any atom is 0.128 e. The van der Waals surface area contributed by atoms with Crippen LogP contribution in [0.15, 0.2) is 16.7 Å². The Morgan fingerprint density at radius 3 is 2.85 bits per heavy atom. The minimum absolute atomic E-state index is 0.263. The number of pyridine rings is 1. The zero-order chi connectivity index (χ0) is 14.8. The van der Waals surface area contributed by atoms with Crippen LogP contribution in [0.4, 0.5) is 5.82 Å². The van der Waals surface area contributed by atoms with Crippen LogP contribution in [0.3, 0.4) is 0 Å². The SMILES string of the molecule is Cc1cc(Br)cnc1NCC1(N(C)C)CCCC(C)C1. The van der Waals surface area contributed by atoms with Gasteiger partial charge < -0.3 is 10.2 Å². The third kappa shape index (κ3) is 3.53. The number of anilines is 1. The third-order valence-electron chi connectivity index (χ3n) is 4.65. The number of nitrogens with one attached hydrogen (secondary N) is 1. The second-order valence-electron chi connectivity index (χ2n) is 6.49. The summed E-state index contributed by atoms with van der Waals surface area (Å²) in [4.78, 5) is 6.90. The molecule has 4 heteroatoms. The maximum absolute atomic E-state index is 4.50. The van der Waals surface area contributed by atoms with Gasteiger partial charge in [-0.15, -0.1) is 0 Å². The Bertz CT molecular complexity index is 461. The first-order chi connectivity index (χ1) is 9.43. The van der Waals surface area contributed by atoms with Crippen molar-refractivity contribution < 1.29 is 0 Å². The summed E-state index contributed by atoms with van der Waals surface area (Å²) in [5, 5.41) is 3.58. The number of halogens is 1. The Hall–Kier alpha value is -0.610. The molecule has 0 aromatic carbocycles. The van der Waals surface area contributed by atoms with Crippen LogP contribution < -0.4 is 5.32 Å². The Kier molecular flexibility index (Phi) is 5.08. The van der Waals surface area contributed by atoms with E-state index in [4.69, 9.17) is 0 Å². The standard InChI is InChI=1S/C16H26BrN3/c1-12-6-5-7-16(9-12,20(3)4)11-19-15-13(2)8-14(17)10-18-15/h8,10,12H,5-7,9,11H2,1-4H3,(H,18,19). The van der Waals surface area contributed by atoms with Gasteiger partial charge >= 0.3 is 0 Å². The molecule has 0 amide bonds. The summed E-state index contributed by atoms with van der Waals surface area (Å²) < 4.78 is 1.04. The minimum Gasteiger partial charge on any atom is -0.368 e. The van der Waals surface area contributed by atoms with E-state index in [0.717, 1.165) is 22.8 Å². The Balaban J connectivity index is 2.09. The molecule has 0 aliphatic heterocycles. The highest BCUT2D eigenvalue weighted by molar-refractivity contribution is 9.10. The van der Waals surface area contributed by atoms with Crippen LogP contribution in [0.1, 0.15) is 38.2 Å². The van der Waals surface area contributed by atoms with Crippen molar-refractivity contribution >= 4 is 21.7 Å². The molecule has 1 fully saturated rings. The maximum atomic E-state index is 4.50. The van der Waals surface area contributed by atoms with E-state index in [1.807, 2.05) is 6.20 Å². The molecule has 0 radical (unpaired) electrons.